The van der Waals surface area contributed by atoms with E-state index in [4.69, 9.17) is 0 Å². The highest BCUT2D eigenvalue weighted by Gasteiger charge is 2.37. The van der Waals surface area contributed by atoms with Crippen molar-refractivity contribution in [3.8, 4) is 5.69 Å². The quantitative estimate of drug-likeness (QED) is 0.703. The van der Waals surface area contributed by atoms with Crippen molar-refractivity contribution in [1.29, 1.82) is 0 Å². The summed E-state index contributed by atoms with van der Waals surface area (Å²) in [4.78, 5) is 18.9. The molecule has 5 rings (SSSR count). The van der Waals surface area contributed by atoms with Gasteiger partial charge >= 0.3 is 0 Å². The van der Waals surface area contributed by atoms with Gasteiger partial charge in [0.1, 0.15) is 0 Å². The second-order valence-electron chi connectivity index (χ2n) is 7.34. The minimum Gasteiger partial charge on any atom is -0.335 e. The van der Waals surface area contributed by atoms with Crippen LogP contribution in [0.2, 0.25) is 0 Å². The Labute approximate surface area is 162 Å². The molecule has 1 amide bonds. The SMILES string of the molecule is Cc1c(C(=O)N2CC(N3CCc4sccc4C3)C2)cnn1-c1ccccc1. The first-order valence-electron chi connectivity index (χ1n) is 9.39. The summed E-state index contributed by atoms with van der Waals surface area (Å²) in [5.74, 6) is 0.0964. The first kappa shape index (κ1) is 16.7. The zero-order valence-electron chi connectivity index (χ0n) is 15.3. The van der Waals surface area contributed by atoms with Crippen LogP contribution in [0.15, 0.2) is 48.0 Å². The summed E-state index contributed by atoms with van der Waals surface area (Å²) in [6.45, 7) is 5.72. The van der Waals surface area contributed by atoms with E-state index < -0.39 is 0 Å². The molecule has 4 heterocycles. The molecule has 0 atom stereocenters. The van der Waals surface area contributed by atoms with Gasteiger partial charge in [-0.2, -0.15) is 5.10 Å². The van der Waals surface area contributed by atoms with E-state index in [-0.39, 0.29) is 5.91 Å². The molecule has 0 N–H and O–H groups in total. The zero-order valence-corrected chi connectivity index (χ0v) is 16.2. The van der Waals surface area contributed by atoms with Crippen molar-refractivity contribution in [3.63, 3.8) is 0 Å². The van der Waals surface area contributed by atoms with E-state index in [1.807, 2.05) is 58.2 Å². The molecule has 0 saturated carbocycles. The minimum absolute atomic E-state index is 0.0964. The fourth-order valence-electron chi connectivity index (χ4n) is 4.05. The number of amides is 1. The van der Waals surface area contributed by atoms with Gasteiger partial charge in [-0.1, -0.05) is 18.2 Å². The van der Waals surface area contributed by atoms with Gasteiger partial charge in [-0.3, -0.25) is 9.69 Å². The maximum Gasteiger partial charge on any atom is 0.257 e. The number of hydrogen-bond donors (Lipinski definition) is 0. The largest absolute Gasteiger partial charge is 0.335 e. The third-order valence-corrected chi connectivity index (χ3v) is 6.77. The Balaban J connectivity index is 1.25. The Bertz CT molecular complexity index is 971. The van der Waals surface area contributed by atoms with E-state index in [1.165, 1.54) is 10.4 Å². The van der Waals surface area contributed by atoms with Gasteiger partial charge in [-0.15, -0.1) is 11.3 Å². The standard InChI is InChI=1S/C21H22N4OS/c1-15-19(11-22-25(15)17-5-3-2-4-6-17)21(26)24-13-18(14-24)23-9-7-20-16(12-23)8-10-27-20/h2-6,8,10-11,18H,7,9,12-14H2,1H3. The maximum atomic E-state index is 12.9. The van der Waals surface area contributed by atoms with Crippen molar-refractivity contribution in [1.82, 2.24) is 19.6 Å². The molecule has 3 aromatic rings. The van der Waals surface area contributed by atoms with Crippen molar-refractivity contribution >= 4 is 17.2 Å². The zero-order chi connectivity index (χ0) is 18.4. The minimum atomic E-state index is 0.0964. The molecule has 0 bridgehead atoms. The van der Waals surface area contributed by atoms with Crippen LogP contribution in [-0.2, 0) is 13.0 Å². The molecule has 2 aliphatic rings. The molecule has 1 aromatic carbocycles. The predicted molar refractivity (Wildman–Crippen MR) is 106 cm³/mol. The van der Waals surface area contributed by atoms with E-state index in [0.717, 1.165) is 44.0 Å². The normalized spacial score (nSPS) is 17.6. The topological polar surface area (TPSA) is 41.4 Å². The van der Waals surface area contributed by atoms with Crippen LogP contribution in [0.25, 0.3) is 5.69 Å². The van der Waals surface area contributed by atoms with Crippen LogP contribution in [0.4, 0.5) is 0 Å². The van der Waals surface area contributed by atoms with Crippen LogP contribution in [0.1, 0.15) is 26.5 Å². The smallest absolute Gasteiger partial charge is 0.257 e. The number of likely N-dealkylation sites (tertiary alicyclic amines) is 1. The number of nitrogens with zero attached hydrogens (tertiary/aromatic N) is 4. The predicted octanol–water partition coefficient (Wildman–Crippen LogP) is 3.12. The van der Waals surface area contributed by atoms with Crippen molar-refractivity contribution < 1.29 is 4.79 Å². The molecule has 2 aliphatic heterocycles. The lowest BCUT2D eigenvalue weighted by molar-refractivity contribution is 0.0220. The molecule has 1 fully saturated rings. The van der Waals surface area contributed by atoms with Crippen molar-refractivity contribution in [3.05, 3.63) is 69.7 Å². The average molecular weight is 379 g/mol. The number of aromatic nitrogens is 2. The van der Waals surface area contributed by atoms with E-state index in [2.05, 4.69) is 21.4 Å². The fourth-order valence-corrected chi connectivity index (χ4v) is 4.94. The molecule has 1 saturated heterocycles. The number of carbonyl (C=O) groups is 1. The van der Waals surface area contributed by atoms with Crippen molar-refractivity contribution in [2.75, 3.05) is 19.6 Å². The van der Waals surface area contributed by atoms with Crippen LogP contribution in [-0.4, -0.2) is 51.2 Å². The first-order chi connectivity index (χ1) is 13.2. The fraction of sp³-hybridized carbons (Fsp3) is 0.333. The van der Waals surface area contributed by atoms with Crippen LogP contribution >= 0.6 is 11.3 Å². The number of benzene rings is 1. The second-order valence-corrected chi connectivity index (χ2v) is 8.35. The molecule has 0 unspecified atom stereocenters. The Morgan fingerprint density at radius 2 is 2.00 bits per heavy atom. The maximum absolute atomic E-state index is 12.9. The molecule has 27 heavy (non-hydrogen) atoms. The van der Waals surface area contributed by atoms with Crippen LogP contribution < -0.4 is 0 Å². The van der Waals surface area contributed by atoms with E-state index >= 15 is 0 Å². The monoisotopic (exact) mass is 378 g/mol. The molecule has 6 heteroatoms. The summed E-state index contributed by atoms with van der Waals surface area (Å²) in [7, 11) is 0. The van der Waals surface area contributed by atoms with E-state index in [1.54, 1.807) is 6.20 Å². The summed E-state index contributed by atoms with van der Waals surface area (Å²) < 4.78 is 1.84. The average Bonchev–Trinajstić information content (AvgIpc) is 3.27. The summed E-state index contributed by atoms with van der Waals surface area (Å²) in [6.07, 6.45) is 2.84. The second kappa shape index (κ2) is 6.62. The van der Waals surface area contributed by atoms with Gasteiger partial charge < -0.3 is 4.90 Å². The van der Waals surface area contributed by atoms with Gasteiger partial charge in [-0.05, 0) is 42.5 Å². The van der Waals surface area contributed by atoms with Gasteiger partial charge in [0.2, 0.25) is 0 Å². The number of carbonyl (C=O) groups excluding carboxylic acids is 1. The van der Waals surface area contributed by atoms with E-state index in [0.29, 0.717) is 11.6 Å². The third kappa shape index (κ3) is 2.89. The Kier molecular flexibility index (Phi) is 4.10. The molecular weight excluding hydrogens is 356 g/mol. The summed E-state index contributed by atoms with van der Waals surface area (Å²) in [5.41, 5.74) is 4.05. The summed E-state index contributed by atoms with van der Waals surface area (Å²) >= 11 is 1.87. The number of rotatable bonds is 3. The highest BCUT2D eigenvalue weighted by molar-refractivity contribution is 7.10. The van der Waals surface area contributed by atoms with Gasteiger partial charge in [0, 0.05) is 37.1 Å². The summed E-state index contributed by atoms with van der Waals surface area (Å²) in [6, 6.07) is 12.7. The Morgan fingerprint density at radius 3 is 2.81 bits per heavy atom. The van der Waals surface area contributed by atoms with Crippen LogP contribution in [0.3, 0.4) is 0 Å². The lowest BCUT2D eigenvalue weighted by Gasteiger charge is -2.46. The third-order valence-electron chi connectivity index (χ3n) is 5.74. The molecular formula is C21H22N4OS. The number of para-hydroxylation sites is 1. The molecule has 0 aliphatic carbocycles. The highest BCUT2D eigenvalue weighted by atomic mass is 32.1. The van der Waals surface area contributed by atoms with Gasteiger partial charge in [0.25, 0.3) is 5.91 Å². The van der Waals surface area contributed by atoms with E-state index in [9.17, 15) is 4.79 Å². The number of thiophene rings is 1. The first-order valence-corrected chi connectivity index (χ1v) is 10.3. The molecule has 0 radical (unpaired) electrons. The Hall–Kier alpha value is -2.44. The Morgan fingerprint density at radius 1 is 1.19 bits per heavy atom. The number of hydrogen-bond acceptors (Lipinski definition) is 4. The molecule has 5 nitrogen and oxygen atoms in total. The van der Waals surface area contributed by atoms with Gasteiger partial charge in [0.15, 0.2) is 0 Å². The van der Waals surface area contributed by atoms with Crippen LogP contribution in [0.5, 0.6) is 0 Å². The highest BCUT2D eigenvalue weighted by Crippen LogP contribution is 2.28. The number of fused-ring (bicyclic) bond motifs is 1. The summed E-state index contributed by atoms with van der Waals surface area (Å²) in [5, 5.41) is 6.63. The van der Waals surface area contributed by atoms with Crippen molar-refractivity contribution in [2.45, 2.75) is 25.9 Å². The lowest BCUT2D eigenvalue weighted by atomic mass is 10.0. The molecule has 2 aromatic heterocycles. The molecule has 138 valence electrons. The van der Waals surface area contributed by atoms with Gasteiger partial charge in [-0.25, -0.2) is 4.68 Å². The molecule has 0 spiro atoms. The van der Waals surface area contributed by atoms with Crippen molar-refractivity contribution in [2.24, 2.45) is 0 Å². The lowest BCUT2D eigenvalue weighted by Crippen LogP contribution is -2.61. The van der Waals surface area contributed by atoms with Gasteiger partial charge in [0.05, 0.1) is 23.1 Å². The van der Waals surface area contributed by atoms with Crippen LogP contribution in [0, 0.1) is 6.92 Å².